The second-order valence-corrected chi connectivity index (χ2v) is 5.79. The maximum atomic E-state index is 12.5. The number of alkyl halides is 3. The van der Waals surface area contributed by atoms with Crippen molar-refractivity contribution in [3.8, 4) is 5.75 Å². The van der Waals surface area contributed by atoms with Crippen molar-refractivity contribution in [1.82, 2.24) is 10.2 Å². The molecular weight excluding hydrogens is 341 g/mol. The van der Waals surface area contributed by atoms with Gasteiger partial charge in [-0.15, -0.1) is 0 Å². The van der Waals surface area contributed by atoms with Gasteiger partial charge in [0.2, 0.25) is 5.91 Å². The van der Waals surface area contributed by atoms with Crippen molar-refractivity contribution < 1.29 is 32.5 Å². The van der Waals surface area contributed by atoms with Crippen LogP contribution in [0.25, 0.3) is 0 Å². The van der Waals surface area contributed by atoms with Gasteiger partial charge in [-0.3, -0.25) is 4.79 Å². The van der Waals surface area contributed by atoms with Gasteiger partial charge in [-0.2, -0.15) is 13.2 Å². The van der Waals surface area contributed by atoms with Gasteiger partial charge in [0, 0.05) is 20.1 Å². The predicted octanol–water partition coefficient (Wildman–Crippen LogP) is 0.892. The number of halogens is 3. The minimum Gasteiger partial charge on any atom is -0.491 e. The summed E-state index contributed by atoms with van der Waals surface area (Å²) in [5, 5.41) is 13.0. The van der Waals surface area contributed by atoms with E-state index in [0.29, 0.717) is 13.2 Å². The van der Waals surface area contributed by atoms with E-state index in [1.807, 2.05) is 0 Å². The topological polar surface area (TPSA) is 71.0 Å². The third kappa shape index (κ3) is 5.87. The summed E-state index contributed by atoms with van der Waals surface area (Å²) in [7, 11) is 1.56. The van der Waals surface area contributed by atoms with Gasteiger partial charge in [-0.25, -0.2) is 0 Å². The Bertz CT molecular complexity index is 559. The fourth-order valence-corrected chi connectivity index (χ4v) is 2.38. The van der Waals surface area contributed by atoms with Crippen molar-refractivity contribution in [2.24, 2.45) is 0 Å². The van der Waals surface area contributed by atoms with Crippen LogP contribution in [0, 0.1) is 0 Å². The first-order valence-corrected chi connectivity index (χ1v) is 7.81. The second kappa shape index (κ2) is 8.50. The molecule has 1 amide bonds. The van der Waals surface area contributed by atoms with Gasteiger partial charge in [0.05, 0.1) is 18.8 Å². The highest BCUT2D eigenvalue weighted by molar-refractivity contribution is 5.81. The third-order valence-corrected chi connectivity index (χ3v) is 3.70. The lowest BCUT2D eigenvalue weighted by atomic mass is 10.2. The fraction of sp³-hybridized carbons (Fsp3) is 0.562. The van der Waals surface area contributed by atoms with Crippen molar-refractivity contribution in [2.45, 2.75) is 18.3 Å². The Kier molecular flexibility index (Phi) is 6.63. The van der Waals surface area contributed by atoms with Gasteiger partial charge < -0.3 is 24.8 Å². The summed E-state index contributed by atoms with van der Waals surface area (Å²) < 4.78 is 47.9. The predicted molar refractivity (Wildman–Crippen MR) is 83.2 cm³/mol. The highest BCUT2D eigenvalue weighted by Gasteiger charge is 2.30. The van der Waals surface area contributed by atoms with Crippen LogP contribution in [0.2, 0.25) is 0 Å². The Labute approximate surface area is 143 Å². The van der Waals surface area contributed by atoms with Crippen LogP contribution >= 0.6 is 0 Å². The van der Waals surface area contributed by atoms with Crippen molar-refractivity contribution in [1.29, 1.82) is 0 Å². The molecule has 0 radical (unpaired) electrons. The van der Waals surface area contributed by atoms with Crippen LogP contribution in [-0.4, -0.2) is 68.0 Å². The van der Waals surface area contributed by atoms with Crippen molar-refractivity contribution in [2.75, 3.05) is 40.0 Å². The lowest BCUT2D eigenvalue weighted by molar-refractivity contribution is -0.137. The molecule has 1 aromatic carbocycles. The van der Waals surface area contributed by atoms with Gasteiger partial charge in [0.25, 0.3) is 0 Å². The molecule has 1 saturated heterocycles. The molecule has 0 unspecified atom stereocenters. The highest BCUT2D eigenvalue weighted by Crippen LogP contribution is 2.30. The molecule has 0 saturated carbocycles. The molecule has 1 heterocycles. The Morgan fingerprint density at radius 3 is 2.68 bits per heavy atom. The van der Waals surface area contributed by atoms with Crippen LogP contribution in [0.3, 0.4) is 0 Å². The van der Waals surface area contributed by atoms with E-state index in [1.165, 1.54) is 17.0 Å². The number of nitrogens with zero attached hydrogens (tertiary/aromatic N) is 1. The van der Waals surface area contributed by atoms with Crippen LogP contribution in [0.5, 0.6) is 5.75 Å². The molecule has 0 aliphatic carbocycles. The quantitative estimate of drug-likeness (QED) is 0.787. The zero-order valence-electron chi connectivity index (χ0n) is 13.8. The molecule has 1 aliphatic heterocycles. The molecule has 9 heteroatoms. The van der Waals surface area contributed by atoms with Crippen LogP contribution < -0.4 is 10.1 Å². The number of benzene rings is 1. The van der Waals surface area contributed by atoms with Crippen molar-refractivity contribution >= 4 is 5.91 Å². The molecule has 0 spiro atoms. The Balaban J connectivity index is 1.77. The first-order valence-electron chi connectivity index (χ1n) is 7.81. The van der Waals surface area contributed by atoms with Crippen LogP contribution in [0.4, 0.5) is 13.2 Å². The average Bonchev–Trinajstić information content (AvgIpc) is 2.59. The Morgan fingerprint density at radius 1 is 1.44 bits per heavy atom. The minimum atomic E-state index is -4.40. The van der Waals surface area contributed by atoms with Crippen molar-refractivity contribution in [3.63, 3.8) is 0 Å². The summed E-state index contributed by atoms with van der Waals surface area (Å²) in [5.41, 5.74) is -0.770. The van der Waals surface area contributed by atoms with Gasteiger partial charge in [-0.05, 0) is 24.3 Å². The molecule has 1 fully saturated rings. The van der Waals surface area contributed by atoms with Gasteiger partial charge in [0.15, 0.2) is 0 Å². The summed E-state index contributed by atoms with van der Waals surface area (Å²) in [5.74, 6) is 0.0108. The number of nitrogens with one attached hydrogen (secondary N) is 1. The van der Waals surface area contributed by atoms with E-state index < -0.39 is 23.9 Å². The average molecular weight is 362 g/mol. The van der Waals surface area contributed by atoms with Gasteiger partial charge in [0.1, 0.15) is 24.5 Å². The maximum absolute atomic E-state index is 12.5. The Hall–Kier alpha value is -1.84. The maximum Gasteiger partial charge on any atom is 0.416 e. The van der Waals surface area contributed by atoms with Gasteiger partial charge >= 0.3 is 6.18 Å². The minimum absolute atomic E-state index is 0.0393. The summed E-state index contributed by atoms with van der Waals surface area (Å²) in [6.07, 6.45) is -5.38. The number of rotatable bonds is 6. The van der Waals surface area contributed by atoms with E-state index in [1.54, 1.807) is 7.05 Å². The van der Waals surface area contributed by atoms with E-state index in [0.717, 1.165) is 12.1 Å². The van der Waals surface area contributed by atoms with E-state index in [-0.39, 0.29) is 31.4 Å². The first kappa shape index (κ1) is 19.5. The SMILES string of the molecule is CN(C[C@H](O)COc1ccc(C(F)(F)F)cc1)C(=O)[C@@H]1COCCN1. The normalized spacial score (nSPS) is 19.3. The number of carbonyl (C=O) groups excluding carboxylic acids is 1. The number of hydrogen-bond donors (Lipinski definition) is 2. The van der Waals surface area contributed by atoms with Crippen molar-refractivity contribution in [3.05, 3.63) is 29.8 Å². The van der Waals surface area contributed by atoms with E-state index >= 15 is 0 Å². The molecule has 25 heavy (non-hydrogen) atoms. The molecule has 2 N–H and O–H groups in total. The number of amides is 1. The molecule has 2 atom stereocenters. The number of morpholine rings is 1. The van der Waals surface area contributed by atoms with E-state index in [4.69, 9.17) is 9.47 Å². The summed E-state index contributed by atoms with van der Waals surface area (Å²) in [4.78, 5) is 13.5. The Morgan fingerprint density at radius 2 is 2.12 bits per heavy atom. The van der Waals surface area contributed by atoms with E-state index in [9.17, 15) is 23.1 Å². The summed E-state index contributed by atoms with van der Waals surface area (Å²) in [6.45, 7) is 1.32. The summed E-state index contributed by atoms with van der Waals surface area (Å²) >= 11 is 0. The molecule has 1 aliphatic rings. The van der Waals surface area contributed by atoms with Crippen LogP contribution in [0.1, 0.15) is 5.56 Å². The standard InChI is InChI=1S/C16H21F3N2O4/c1-21(15(23)14-10-24-7-6-20-14)8-12(22)9-25-13-4-2-11(3-5-13)16(17,18)19/h2-5,12,14,20,22H,6-10H2,1H3/t12-,14-/m0/s1. The van der Waals surface area contributed by atoms with E-state index in [2.05, 4.69) is 5.32 Å². The molecule has 6 nitrogen and oxygen atoms in total. The molecular formula is C16H21F3N2O4. The largest absolute Gasteiger partial charge is 0.491 e. The number of ether oxygens (including phenoxy) is 2. The molecule has 1 aromatic rings. The first-order chi connectivity index (χ1) is 11.8. The lowest BCUT2D eigenvalue weighted by Crippen LogP contribution is -2.53. The highest BCUT2D eigenvalue weighted by atomic mass is 19.4. The fourth-order valence-electron chi connectivity index (χ4n) is 2.38. The monoisotopic (exact) mass is 362 g/mol. The van der Waals surface area contributed by atoms with Crippen LogP contribution in [-0.2, 0) is 15.7 Å². The molecule has 0 bridgehead atoms. The van der Waals surface area contributed by atoms with Crippen LogP contribution in [0.15, 0.2) is 24.3 Å². The smallest absolute Gasteiger partial charge is 0.416 e. The molecule has 2 rings (SSSR count). The zero-order valence-corrected chi connectivity index (χ0v) is 13.8. The second-order valence-electron chi connectivity index (χ2n) is 5.79. The number of aliphatic hydroxyl groups is 1. The lowest BCUT2D eigenvalue weighted by Gasteiger charge is -2.28. The molecule has 0 aromatic heterocycles. The number of hydrogen-bond acceptors (Lipinski definition) is 5. The number of aliphatic hydroxyl groups excluding tert-OH is 1. The number of carbonyl (C=O) groups is 1. The third-order valence-electron chi connectivity index (χ3n) is 3.70. The number of likely N-dealkylation sites (N-methyl/N-ethyl adjacent to an activating group) is 1. The zero-order chi connectivity index (χ0) is 18.4. The molecule has 140 valence electrons. The van der Waals surface area contributed by atoms with Gasteiger partial charge in [-0.1, -0.05) is 0 Å². The summed E-state index contributed by atoms with van der Waals surface area (Å²) in [6, 6.07) is 3.75.